The SMILES string of the molecule is Cc1ccccc1C(=O)c1ccc(Cl)cc1. The summed E-state index contributed by atoms with van der Waals surface area (Å²) in [5.41, 5.74) is 2.39. The van der Waals surface area contributed by atoms with Crippen molar-refractivity contribution in [1.29, 1.82) is 0 Å². The Morgan fingerprint density at radius 1 is 1.00 bits per heavy atom. The number of rotatable bonds is 2. The maximum Gasteiger partial charge on any atom is 0.193 e. The minimum atomic E-state index is 0.0368. The Morgan fingerprint density at radius 3 is 2.25 bits per heavy atom. The zero-order chi connectivity index (χ0) is 11.5. The van der Waals surface area contributed by atoms with E-state index in [0.29, 0.717) is 10.6 Å². The molecule has 2 aromatic rings. The van der Waals surface area contributed by atoms with Gasteiger partial charge in [0.05, 0.1) is 0 Å². The smallest absolute Gasteiger partial charge is 0.193 e. The highest BCUT2D eigenvalue weighted by Crippen LogP contribution is 2.16. The molecule has 0 radical (unpaired) electrons. The van der Waals surface area contributed by atoms with Crippen molar-refractivity contribution in [3.63, 3.8) is 0 Å². The molecule has 0 fully saturated rings. The van der Waals surface area contributed by atoms with Crippen LogP contribution in [0.1, 0.15) is 21.5 Å². The number of aryl methyl sites for hydroxylation is 1. The van der Waals surface area contributed by atoms with Crippen molar-refractivity contribution >= 4 is 17.4 Å². The Hall–Kier alpha value is -1.60. The predicted molar refractivity (Wildman–Crippen MR) is 66.1 cm³/mol. The van der Waals surface area contributed by atoms with Crippen LogP contribution in [-0.4, -0.2) is 5.78 Å². The molecule has 0 spiro atoms. The molecule has 0 aliphatic carbocycles. The van der Waals surface area contributed by atoms with Gasteiger partial charge in [-0.05, 0) is 36.8 Å². The molecule has 0 amide bonds. The maximum atomic E-state index is 12.1. The van der Waals surface area contributed by atoms with Gasteiger partial charge in [0.1, 0.15) is 0 Å². The number of halogens is 1. The van der Waals surface area contributed by atoms with Crippen molar-refractivity contribution in [3.05, 3.63) is 70.2 Å². The molecule has 2 aromatic carbocycles. The van der Waals surface area contributed by atoms with Gasteiger partial charge in [0.2, 0.25) is 0 Å². The van der Waals surface area contributed by atoms with Crippen LogP contribution in [0.3, 0.4) is 0 Å². The van der Waals surface area contributed by atoms with Gasteiger partial charge in [-0.3, -0.25) is 4.79 Å². The van der Waals surface area contributed by atoms with Crippen LogP contribution in [0, 0.1) is 6.92 Å². The normalized spacial score (nSPS) is 10.1. The third-order valence-electron chi connectivity index (χ3n) is 2.50. The summed E-state index contributed by atoms with van der Waals surface area (Å²) in [5, 5.41) is 0.640. The predicted octanol–water partition coefficient (Wildman–Crippen LogP) is 3.88. The van der Waals surface area contributed by atoms with E-state index in [1.54, 1.807) is 24.3 Å². The van der Waals surface area contributed by atoms with Crippen LogP contribution < -0.4 is 0 Å². The fourth-order valence-corrected chi connectivity index (χ4v) is 1.71. The van der Waals surface area contributed by atoms with Crippen LogP contribution in [0.2, 0.25) is 5.02 Å². The van der Waals surface area contributed by atoms with Gasteiger partial charge >= 0.3 is 0 Å². The average Bonchev–Trinajstić information content (AvgIpc) is 2.30. The van der Waals surface area contributed by atoms with Gasteiger partial charge in [-0.25, -0.2) is 0 Å². The zero-order valence-corrected chi connectivity index (χ0v) is 9.66. The maximum absolute atomic E-state index is 12.1. The molecule has 0 aliphatic heterocycles. The van der Waals surface area contributed by atoms with Crippen molar-refractivity contribution in [2.45, 2.75) is 6.92 Å². The second-order valence-electron chi connectivity index (χ2n) is 3.65. The molecule has 1 nitrogen and oxygen atoms in total. The van der Waals surface area contributed by atoms with Crippen LogP contribution in [-0.2, 0) is 0 Å². The molecule has 16 heavy (non-hydrogen) atoms. The van der Waals surface area contributed by atoms with Gasteiger partial charge in [0, 0.05) is 16.1 Å². The van der Waals surface area contributed by atoms with Gasteiger partial charge in [-0.15, -0.1) is 0 Å². The first kappa shape index (κ1) is 10.9. The molecule has 2 rings (SSSR count). The van der Waals surface area contributed by atoms with Gasteiger partial charge < -0.3 is 0 Å². The summed E-state index contributed by atoms with van der Waals surface area (Å²) < 4.78 is 0. The van der Waals surface area contributed by atoms with Crippen LogP contribution in [0.15, 0.2) is 48.5 Å². The molecule has 0 atom stereocenters. The standard InChI is InChI=1S/C14H11ClO/c1-10-4-2-3-5-13(10)14(16)11-6-8-12(15)9-7-11/h2-9H,1H3. The second-order valence-corrected chi connectivity index (χ2v) is 4.09. The summed E-state index contributed by atoms with van der Waals surface area (Å²) in [7, 11) is 0. The second kappa shape index (κ2) is 4.50. The molecule has 0 bridgehead atoms. The molecule has 0 unspecified atom stereocenters. The van der Waals surface area contributed by atoms with E-state index < -0.39 is 0 Å². The Labute approximate surface area is 99.7 Å². The van der Waals surface area contributed by atoms with Crippen molar-refractivity contribution < 1.29 is 4.79 Å². The lowest BCUT2D eigenvalue weighted by atomic mass is 9.99. The highest BCUT2D eigenvalue weighted by Gasteiger charge is 2.10. The summed E-state index contributed by atoms with van der Waals surface area (Å²) >= 11 is 5.78. The Bertz CT molecular complexity index is 515. The Balaban J connectivity index is 2.40. The summed E-state index contributed by atoms with van der Waals surface area (Å²) in [6.45, 7) is 1.93. The molecule has 0 aliphatic rings. The van der Waals surface area contributed by atoms with Crippen molar-refractivity contribution in [2.75, 3.05) is 0 Å². The van der Waals surface area contributed by atoms with Crippen molar-refractivity contribution in [3.8, 4) is 0 Å². The monoisotopic (exact) mass is 230 g/mol. The van der Waals surface area contributed by atoms with E-state index in [9.17, 15) is 4.79 Å². The van der Waals surface area contributed by atoms with Crippen molar-refractivity contribution in [2.24, 2.45) is 0 Å². The molecular weight excluding hydrogens is 220 g/mol. The van der Waals surface area contributed by atoms with Gasteiger partial charge in [-0.2, -0.15) is 0 Å². The minimum Gasteiger partial charge on any atom is -0.289 e. The number of ketones is 1. The lowest BCUT2D eigenvalue weighted by molar-refractivity contribution is 0.103. The van der Waals surface area contributed by atoms with Crippen LogP contribution in [0.4, 0.5) is 0 Å². The zero-order valence-electron chi connectivity index (χ0n) is 8.91. The first-order valence-electron chi connectivity index (χ1n) is 5.04. The molecule has 0 aromatic heterocycles. The number of benzene rings is 2. The minimum absolute atomic E-state index is 0.0368. The number of carbonyl (C=O) groups is 1. The summed E-state index contributed by atoms with van der Waals surface area (Å²) in [4.78, 5) is 12.1. The Morgan fingerprint density at radius 2 is 1.62 bits per heavy atom. The topological polar surface area (TPSA) is 17.1 Å². The fraction of sp³-hybridized carbons (Fsp3) is 0.0714. The first-order valence-corrected chi connectivity index (χ1v) is 5.42. The number of hydrogen-bond acceptors (Lipinski definition) is 1. The lowest BCUT2D eigenvalue weighted by Gasteiger charge is -2.04. The quantitative estimate of drug-likeness (QED) is 0.716. The third-order valence-corrected chi connectivity index (χ3v) is 2.75. The van der Waals surface area contributed by atoms with E-state index in [-0.39, 0.29) is 5.78 Å². The van der Waals surface area contributed by atoms with Crippen molar-refractivity contribution in [1.82, 2.24) is 0 Å². The van der Waals surface area contributed by atoms with Gasteiger partial charge in [0.15, 0.2) is 5.78 Å². The first-order chi connectivity index (χ1) is 7.68. The highest BCUT2D eigenvalue weighted by atomic mass is 35.5. The third kappa shape index (κ3) is 2.15. The largest absolute Gasteiger partial charge is 0.289 e. The van der Waals surface area contributed by atoms with Crippen LogP contribution in [0.25, 0.3) is 0 Å². The molecular formula is C14H11ClO. The fourth-order valence-electron chi connectivity index (χ4n) is 1.58. The lowest BCUT2D eigenvalue weighted by Crippen LogP contribution is -2.02. The molecule has 0 heterocycles. The molecule has 2 heteroatoms. The van der Waals surface area contributed by atoms with E-state index in [4.69, 9.17) is 11.6 Å². The highest BCUT2D eigenvalue weighted by molar-refractivity contribution is 6.30. The number of carbonyl (C=O) groups excluding carboxylic acids is 1. The van der Waals surface area contributed by atoms with Crippen LogP contribution >= 0.6 is 11.6 Å². The van der Waals surface area contributed by atoms with E-state index in [0.717, 1.165) is 11.1 Å². The van der Waals surface area contributed by atoms with Crippen LogP contribution in [0.5, 0.6) is 0 Å². The van der Waals surface area contributed by atoms with E-state index in [1.807, 2.05) is 31.2 Å². The van der Waals surface area contributed by atoms with E-state index in [1.165, 1.54) is 0 Å². The molecule has 80 valence electrons. The van der Waals surface area contributed by atoms with E-state index in [2.05, 4.69) is 0 Å². The molecule has 0 saturated heterocycles. The average molecular weight is 231 g/mol. The Kier molecular flexibility index (Phi) is 3.07. The summed E-state index contributed by atoms with van der Waals surface area (Å²) in [6.07, 6.45) is 0. The van der Waals surface area contributed by atoms with E-state index >= 15 is 0 Å². The molecule has 0 N–H and O–H groups in total. The van der Waals surface area contributed by atoms with Gasteiger partial charge in [0.25, 0.3) is 0 Å². The molecule has 0 saturated carbocycles. The summed E-state index contributed by atoms with van der Waals surface area (Å²) in [5.74, 6) is 0.0368. The van der Waals surface area contributed by atoms with Gasteiger partial charge in [-0.1, -0.05) is 35.9 Å². The summed E-state index contributed by atoms with van der Waals surface area (Å²) in [6, 6.07) is 14.5. The number of hydrogen-bond donors (Lipinski definition) is 0.